The molecule has 1 unspecified atom stereocenters. The number of aromatic nitrogens is 2. The molecule has 0 saturated heterocycles. The summed E-state index contributed by atoms with van der Waals surface area (Å²) in [4.78, 5) is 4.76. The molecule has 2 heterocycles. The lowest BCUT2D eigenvalue weighted by Gasteiger charge is -2.20. The van der Waals surface area contributed by atoms with E-state index in [0.717, 1.165) is 48.0 Å². The number of hydrogen-bond donors (Lipinski definition) is 1. The van der Waals surface area contributed by atoms with Crippen molar-refractivity contribution in [2.24, 2.45) is 5.92 Å². The molecule has 1 aliphatic rings. The Kier molecular flexibility index (Phi) is 3.49. The molecule has 0 bridgehead atoms. The van der Waals surface area contributed by atoms with E-state index in [9.17, 15) is 0 Å². The molecule has 0 fully saturated rings. The summed E-state index contributed by atoms with van der Waals surface area (Å²) in [7, 11) is 3.30. The van der Waals surface area contributed by atoms with Crippen LogP contribution >= 0.6 is 0 Å². The van der Waals surface area contributed by atoms with Gasteiger partial charge in [0, 0.05) is 18.5 Å². The molecular formula is C16H21N3O2. The summed E-state index contributed by atoms with van der Waals surface area (Å²) in [5.74, 6) is 3.95. The minimum atomic E-state index is 0.652. The molecule has 1 aromatic carbocycles. The topological polar surface area (TPSA) is 62.3 Å². The van der Waals surface area contributed by atoms with E-state index in [1.807, 2.05) is 18.2 Å². The molecular weight excluding hydrogens is 266 g/mol. The highest BCUT2D eigenvalue weighted by Crippen LogP contribution is 2.37. The van der Waals surface area contributed by atoms with Crippen LogP contribution in [-0.4, -0.2) is 23.8 Å². The molecule has 2 aromatic rings. The Balaban J connectivity index is 2.12. The van der Waals surface area contributed by atoms with E-state index in [1.54, 1.807) is 14.2 Å². The summed E-state index contributed by atoms with van der Waals surface area (Å²) in [6, 6.07) is 5.68. The average Bonchev–Trinajstić information content (AvgIpc) is 2.82. The molecule has 5 heteroatoms. The molecule has 0 spiro atoms. The highest BCUT2D eigenvalue weighted by atomic mass is 16.5. The number of rotatable bonds is 3. The van der Waals surface area contributed by atoms with Crippen LogP contribution in [0.15, 0.2) is 18.2 Å². The van der Waals surface area contributed by atoms with Gasteiger partial charge in [-0.15, -0.1) is 0 Å². The highest BCUT2D eigenvalue weighted by molar-refractivity contribution is 5.77. The fourth-order valence-electron chi connectivity index (χ4n) is 2.88. The zero-order valence-electron chi connectivity index (χ0n) is 12.7. The number of fused-ring (bicyclic) bond motifs is 1. The van der Waals surface area contributed by atoms with Crippen LogP contribution in [0.4, 0.5) is 5.82 Å². The first-order valence-corrected chi connectivity index (χ1v) is 7.21. The summed E-state index contributed by atoms with van der Waals surface area (Å²) in [6.07, 6.45) is 2.11. The largest absolute Gasteiger partial charge is 0.497 e. The lowest BCUT2D eigenvalue weighted by molar-refractivity contribution is 0.404. The fraction of sp³-hybridized carbons (Fsp3) is 0.438. The summed E-state index contributed by atoms with van der Waals surface area (Å²) in [5.41, 5.74) is 7.99. The van der Waals surface area contributed by atoms with Crippen LogP contribution in [0.3, 0.4) is 0 Å². The van der Waals surface area contributed by atoms with Crippen molar-refractivity contribution in [2.75, 3.05) is 20.0 Å². The van der Waals surface area contributed by atoms with Gasteiger partial charge in [0.05, 0.1) is 14.2 Å². The van der Waals surface area contributed by atoms with E-state index in [1.165, 1.54) is 0 Å². The standard InChI is InChI=1S/C16H21N3O2/c1-10-6-7-19-14(8-10)18-15(16(19)17)12-9-11(20-2)4-5-13(12)21-3/h4-5,9-10H,6-8,17H2,1-3H3. The SMILES string of the molecule is COc1ccc(OC)c(-c2nc3n(c2N)CCC(C)C3)c1. The number of imidazole rings is 1. The summed E-state index contributed by atoms with van der Waals surface area (Å²) in [5, 5.41) is 0. The van der Waals surface area contributed by atoms with Gasteiger partial charge in [0.2, 0.25) is 0 Å². The number of methoxy groups -OCH3 is 2. The molecule has 0 amide bonds. The second-order valence-electron chi connectivity index (χ2n) is 5.58. The Bertz CT molecular complexity index is 664. The average molecular weight is 287 g/mol. The Labute approximate surface area is 124 Å². The second-order valence-corrected chi connectivity index (χ2v) is 5.58. The number of ether oxygens (including phenoxy) is 2. The van der Waals surface area contributed by atoms with Crippen molar-refractivity contribution in [1.82, 2.24) is 9.55 Å². The second kappa shape index (κ2) is 5.31. The Morgan fingerprint density at radius 3 is 2.81 bits per heavy atom. The summed E-state index contributed by atoms with van der Waals surface area (Å²) >= 11 is 0. The van der Waals surface area contributed by atoms with Crippen LogP contribution in [0, 0.1) is 5.92 Å². The maximum atomic E-state index is 6.32. The van der Waals surface area contributed by atoms with Crippen molar-refractivity contribution in [3.05, 3.63) is 24.0 Å². The Morgan fingerprint density at radius 2 is 2.10 bits per heavy atom. The smallest absolute Gasteiger partial charge is 0.131 e. The van der Waals surface area contributed by atoms with Gasteiger partial charge < -0.3 is 19.8 Å². The molecule has 5 nitrogen and oxygen atoms in total. The van der Waals surface area contributed by atoms with Crippen molar-refractivity contribution in [1.29, 1.82) is 0 Å². The maximum absolute atomic E-state index is 6.32. The normalized spacial score (nSPS) is 17.4. The van der Waals surface area contributed by atoms with Crippen LogP contribution in [-0.2, 0) is 13.0 Å². The third-order valence-electron chi connectivity index (χ3n) is 4.12. The zero-order valence-corrected chi connectivity index (χ0v) is 12.7. The number of nitrogens with two attached hydrogens (primary N) is 1. The van der Waals surface area contributed by atoms with Gasteiger partial charge in [-0.1, -0.05) is 6.92 Å². The van der Waals surface area contributed by atoms with Gasteiger partial charge in [0.1, 0.15) is 28.8 Å². The van der Waals surface area contributed by atoms with Crippen molar-refractivity contribution < 1.29 is 9.47 Å². The van der Waals surface area contributed by atoms with E-state index in [-0.39, 0.29) is 0 Å². The third-order valence-corrected chi connectivity index (χ3v) is 4.12. The monoisotopic (exact) mass is 287 g/mol. The molecule has 2 N–H and O–H groups in total. The van der Waals surface area contributed by atoms with Gasteiger partial charge in [-0.25, -0.2) is 4.98 Å². The molecule has 0 radical (unpaired) electrons. The third kappa shape index (κ3) is 2.33. The fourth-order valence-corrected chi connectivity index (χ4v) is 2.88. The lowest BCUT2D eigenvalue weighted by Crippen LogP contribution is -2.18. The first kappa shape index (κ1) is 13.8. The number of benzene rings is 1. The van der Waals surface area contributed by atoms with Crippen LogP contribution in [0.1, 0.15) is 19.2 Å². The Morgan fingerprint density at radius 1 is 1.29 bits per heavy atom. The van der Waals surface area contributed by atoms with Crippen molar-refractivity contribution >= 4 is 5.82 Å². The first-order valence-electron chi connectivity index (χ1n) is 7.21. The lowest BCUT2D eigenvalue weighted by atomic mass is 10.0. The summed E-state index contributed by atoms with van der Waals surface area (Å²) in [6.45, 7) is 3.18. The van der Waals surface area contributed by atoms with Crippen molar-refractivity contribution in [2.45, 2.75) is 26.3 Å². The van der Waals surface area contributed by atoms with Gasteiger partial charge in [-0.3, -0.25) is 0 Å². The number of anilines is 1. The molecule has 3 rings (SSSR count). The van der Waals surface area contributed by atoms with Crippen LogP contribution in [0.2, 0.25) is 0 Å². The van der Waals surface area contributed by atoms with Gasteiger partial charge in [-0.2, -0.15) is 0 Å². The molecule has 1 aromatic heterocycles. The molecule has 112 valence electrons. The zero-order chi connectivity index (χ0) is 15.0. The van der Waals surface area contributed by atoms with E-state index in [4.69, 9.17) is 20.2 Å². The minimum Gasteiger partial charge on any atom is -0.497 e. The van der Waals surface area contributed by atoms with Crippen LogP contribution in [0.5, 0.6) is 11.5 Å². The van der Waals surface area contributed by atoms with E-state index in [0.29, 0.717) is 11.7 Å². The molecule has 0 aliphatic carbocycles. The van der Waals surface area contributed by atoms with Gasteiger partial charge in [-0.05, 0) is 30.5 Å². The molecule has 1 aliphatic heterocycles. The maximum Gasteiger partial charge on any atom is 0.131 e. The minimum absolute atomic E-state index is 0.652. The predicted molar refractivity (Wildman–Crippen MR) is 82.7 cm³/mol. The number of nitrogen functional groups attached to an aromatic ring is 1. The summed E-state index contributed by atoms with van der Waals surface area (Å²) < 4.78 is 12.9. The van der Waals surface area contributed by atoms with E-state index in [2.05, 4.69) is 11.5 Å². The quantitative estimate of drug-likeness (QED) is 0.943. The van der Waals surface area contributed by atoms with Crippen LogP contribution in [0.25, 0.3) is 11.3 Å². The molecule has 21 heavy (non-hydrogen) atoms. The van der Waals surface area contributed by atoms with Crippen LogP contribution < -0.4 is 15.2 Å². The highest BCUT2D eigenvalue weighted by Gasteiger charge is 2.23. The first-order chi connectivity index (χ1) is 10.1. The number of nitrogens with zero attached hydrogens (tertiary/aromatic N) is 2. The van der Waals surface area contributed by atoms with Gasteiger partial charge in [0.15, 0.2) is 0 Å². The van der Waals surface area contributed by atoms with Crippen molar-refractivity contribution in [3.63, 3.8) is 0 Å². The van der Waals surface area contributed by atoms with E-state index >= 15 is 0 Å². The van der Waals surface area contributed by atoms with Gasteiger partial charge >= 0.3 is 0 Å². The molecule has 0 saturated carbocycles. The molecule has 1 atom stereocenters. The Hall–Kier alpha value is -2.17. The van der Waals surface area contributed by atoms with E-state index < -0.39 is 0 Å². The van der Waals surface area contributed by atoms with Crippen molar-refractivity contribution in [3.8, 4) is 22.8 Å². The number of hydrogen-bond acceptors (Lipinski definition) is 4. The van der Waals surface area contributed by atoms with Gasteiger partial charge in [0.25, 0.3) is 0 Å². The predicted octanol–water partition coefficient (Wildman–Crippen LogP) is 2.73.